The molecule has 2 aliphatic rings. The highest BCUT2D eigenvalue weighted by Crippen LogP contribution is 2.56. The predicted molar refractivity (Wildman–Crippen MR) is 111 cm³/mol. The highest BCUT2D eigenvalue weighted by molar-refractivity contribution is 6.76. The van der Waals surface area contributed by atoms with E-state index in [9.17, 15) is 9.90 Å². The van der Waals surface area contributed by atoms with Crippen molar-refractivity contribution >= 4 is 30.9 Å². The summed E-state index contributed by atoms with van der Waals surface area (Å²) < 4.78 is 7.92. The second-order valence-corrected chi connectivity index (χ2v) is 15.2. The zero-order chi connectivity index (χ0) is 19.9. The summed E-state index contributed by atoms with van der Waals surface area (Å²) in [4.78, 5) is 22.9. The van der Waals surface area contributed by atoms with Crippen molar-refractivity contribution in [3.05, 3.63) is 18.6 Å². The Kier molecular flexibility index (Phi) is 4.95. The first-order valence-corrected chi connectivity index (χ1v) is 13.9. The summed E-state index contributed by atoms with van der Waals surface area (Å²) in [6.45, 7) is 9.81. The van der Waals surface area contributed by atoms with E-state index in [1.165, 1.54) is 0 Å². The SMILES string of the molecule is C[Si-](C)(C)CCOCn1ccc2c(N3CCC(C(=O)O)C4(CC4)C3)ncnc21. The van der Waals surface area contributed by atoms with Crippen LogP contribution >= 0.6 is 0 Å². The quantitative estimate of drug-likeness (QED) is 0.564. The Morgan fingerprint density at radius 2 is 2.14 bits per heavy atom. The molecule has 0 amide bonds. The summed E-state index contributed by atoms with van der Waals surface area (Å²) in [7, 11) is -1.09. The maximum absolute atomic E-state index is 11.6. The first kappa shape index (κ1) is 19.4. The van der Waals surface area contributed by atoms with Crippen molar-refractivity contribution in [3.63, 3.8) is 0 Å². The number of aromatic nitrogens is 3. The smallest absolute Gasteiger partial charge is 0.307 e. The van der Waals surface area contributed by atoms with E-state index >= 15 is 0 Å². The van der Waals surface area contributed by atoms with Crippen molar-refractivity contribution in [1.29, 1.82) is 0 Å². The van der Waals surface area contributed by atoms with Gasteiger partial charge < -0.3 is 19.3 Å². The minimum Gasteiger partial charge on any atom is -0.481 e. The van der Waals surface area contributed by atoms with Crippen molar-refractivity contribution in [2.75, 3.05) is 24.6 Å². The lowest BCUT2D eigenvalue weighted by atomic mass is 9.82. The Morgan fingerprint density at radius 3 is 2.82 bits per heavy atom. The van der Waals surface area contributed by atoms with Crippen LogP contribution < -0.4 is 4.90 Å². The summed E-state index contributed by atoms with van der Waals surface area (Å²) in [6.07, 6.45) is 6.30. The van der Waals surface area contributed by atoms with Gasteiger partial charge in [0.15, 0.2) is 0 Å². The Morgan fingerprint density at radius 1 is 1.36 bits per heavy atom. The van der Waals surface area contributed by atoms with Gasteiger partial charge in [-0.3, -0.25) is 4.79 Å². The summed E-state index contributed by atoms with van der Waals surface area (Å²) in [5.74, 6) is 0.0537. The van der Waals surface area contributed by atoms with Crippen LogP contribution in [-0.4, -0.2) is 53.4 Å². The molecule has 0 radical (unpaired) electrons. The van der Waals surface area contributed by atoms with Crippen molar-refractivity contribution < 1.29 is 14.6 Å². The van der Waals surface area contributed by atoms with Gasteiger partial charge in [0.25, 0.3) is 0 Å². The van der Waals surface area contributed by atoms with E-state index < -0.39 is 14.0 Å². The first-order valence-electron chi connectivity index (χ1n) is 10.1. The maximum Gasteiger partial charge on any atom is 0.307 e. The van der Waals surface area contributed by atoms with Crippen LogP contribution in [0.15, 0.2) is 18.6 Å². The number of hydrogen-bond acceptors (Lipinski definition) is 5. The third kappa shape index (κ3) is 3.80. The molecule has 1 unspecified atom stereocenters. The standard InChI is InChI=1S/C20H30N4O3Si/c1-28(2,3)11-10-27-14-24-8-4-15-17(21-13-22-18(15)24)23-9-5-16(19(25)26)20(12-23)6-7-20/h4,8,13,16H,5-7,9-12,14H2,1-3H3,(H,25,26)/q-1. The molecule has 1 atom stereocenters. The molecular weight excluding hydrogens is 372 g/mol. The van der Waals surface area contributed by atoms with Gasteiger partial charge in [-0.15, -0.1) is 14.1 Å². The zero-order valence-corrected chi connectivity index (χ0v) is 18.0. The van der Waals surface area contributed by atoms with E-state index in [0.717, 1.165) is 55.4 Å². The van der Waals surface area contributed by atoms with Crippen molar-refractivity contribution in [2.24, 2.45) is 11.3 Å². The number of carbonyl (C=O) groups is 1. The zero-order valence-electron chi connectivity index (χ0n) is 17.0. The van der Waals surface area contributed by atoms with Crippen LogP contribution in [0.1, 0.15) is 19.3 Å². The minimum absolute atomic E-state index is 0.0656. The lowest BCUT2D eigenvalue weighted by molar-refractivity contribution is -0.144. The average molecular weight is 403 g/mol. The minimum atomic E-state index is -1.09. The number of anilines is 1. The molecule has 2 aromatic heterocycles. The molecule has 1 N–H and O–H groups in total. The van der Waals surface area contributed by atoms with E-state index in [0.29, 0.717) is 13.2 Å². The molecule has 1 spiro atoms. The van der Waals surface area contributed by atoms with E-state index in [-0.39, 0.29) is 11.3 Å². The molecule has 1 aliphatic heterocycles. The molecule has 2 aromatic rings. The van der Waals surface area contributed by atoms with Gasteiger partial charge in [-0.2, -0.15) is 19.6 Å². The van der Waals surface area contributed by atoms with Gasteiger partial charge in [0.1, 0.15) is 24.5 Å². The molecule has 28 heavy (non-hydrogen) atoms. The fourth-order valence-corrected chi connectivity index (χ4v) is 5.04. The average Bonchev–Trinajstić information content (AvgIpc) is 3.25. The Balaban J connectivity index is 1.49. The van der Waals surface area contributed by atoms with Gasteiger partial charge >= 0.3 is 5.97 Å². The largest absolute Gasteiger partial charge is 0.481 e. The number of ether oxygens (including phenoxy) is 1. The number of piperidine rings is 1. The molecule has 7 nitrogen and oxygen atoms in total. The topological polar surface area (TPSA) is 80.5 Å². The van der Waals surface area contributed by atoms with E-state index in [1.54, 1.807) is 6.33 Å². The highest BCUT2D eigenvalue weighted by Gasteiger charge is 2.55. The molecule has 153 valence electrons. The van der Waals surface area contributed by atoms with Crippen LogP contribution in [-0.2, 0) is 16.3 Å². The number of carboxylic acid groups (broad SMARTS) is 1. The Hall–Kier alpha value is -1.93. The molecule has 0 bridgehead atoms. The molecule has 1 saturated carbocycles. The van der Waals surface area contributed by atoms with Crippen LogP contribution in [0, 0.1) is 11.3 Å². The second kappa shape index (κ2) is 7.15. The number of carboxylic acids is 1. The number of nitrogens with zero attached hydrogens (tertiary/aromatic N) is 4. The third-order valence-corrected chi connectivity index (χ3v) is 7.89. The van der Waals surface area contributed by atoms with Crippen molar-refractivity contribution in [2.45, 2.75) is 51.7 Å². The number of fused-ring (bicyclic) bond motifs is 1. The number of aliphatic carboxylic acids is 1. The van der Waals surface area contributed by atoms with E-state index in [4.69, 9.17) is 4.74 Å². The molecular formula is C20H30N4O3Si-. The lowest BCUT2D eigenvalue weighted by Crippen LogP contribution is -2.45. The van der Waals surface area contributed by atoms with Crippen molar-refractivity contribution in [1.82, 2.24) is 14.5 Å². The Labute approximate surface area is 166 Å². The monoisotopic (exact) mass is 402 g/mol. The van der Waals surface area contributed by atoms with Gasteiger partial charge in [0, 0.05) is 31.3 Å². The molecule has 1 aliphatic carbocycles. The van der Waals surface area contributed by atoms with E-state index in [2.05, 4.69) is 40.6 Å². The summed E-state index contributed by atoms with van der Waals surface area (Å²) in [6, 6.07) is 3.20. The fourth-order valence-electron chi connectivity index (χ4n) is 4.28. The summed E-state index contributed by atoms with van der Waals surface area (Å²) >= 11 is 0. The molecule has 2 fully saturated rings. The van der Waals surface area contributed by atoms with Crippen molar-refractivity contribution in [3.8, 4) is 0 Å². The molecule has 4 rings (SSSR count). The number of rotatable bonds is 7. The van der Waals surface area contributed by atoms with Crippen LogP contribution in [0.2, 0.25) is 25.7 Å². The summed E-state index contributed by atoms with van der Waals surface area (Å²) in [5, 5.41) is 10.6. The summed E-state index contributed by atoms with van der Waals surface area (Å²) in [5.41, 5.74) is 0.812. The Bertz CT molecular complexity index is 872. The number of hydrogen-bond donors (Lipinski definition) is 1. The lowest BCUT2D eigenvalue weighted by Gasteiger charge is -2.38. The van der Waals surface area contributed by atoms with Crippen LogP contribution in [0.25, 0.3) is 11.0 Å². The van der Waals surface area contributed by atoms with Gasteiger partial charge in [-0.05, 0) is 25.3 Å². The van der Waals surface area contributed by atoms with Gasteiger partial charge in [0.05, 0.1) is 11.3 Å². The predicted octanol–water partition coefficient (Wildman–Crippen LogP) is 3.43. The molecule has 0 aromatic carbocycles. The van der Waals surface area contributed by atoms with E-state index in [1.807, 2.05) is 10.8 Å². The highest BCUT2D eigenvalue weighted by atomic mass is 28.3. The second-order valence-electron chi connectivity index (χ2n) is 9.53. The third-order valence-electron chi connectivity index (χ3n) is 6.18. The van der Waals surface area contributed by atoms with Gasteiger partial charge in [0.2, 0.25) is 0 Å². The van der Waals surface area contributed by atoms with Gasteiger partial charge in [-0.25, -0.2) is 9.97 Å². The van der Waals surface area contributed by atoms with Crippen LogP contribution in [0.4, 0.5) is 5.82 Å². The van der Waals surface area contributed by atoms with Crippen LogP contribution in [0.5, 0.6) is 0 Å². The van der Waals surface area contributed by atoms with Gasteiger partial charge in [-0.1, -0.05) is 0 Å². The first-order chi connectivity index (χ1) is 13.3. The maximum atomic E-state index is 11.6. The molecule has 3 heterocycles. The molecule has 8 heteroatoms. The molecule has 1 saturated heterocycles. The van der Waals surface area contributed by atoms with Crippen LogP contribution in [0.3, 0.4) is 0 Å². The fraction of sp³-hybridized carbons (Fsp3) is 0.650. The normalized spacial score (nSPS) is 21.4.